The average molecular weight is 229 g/mol. The highest BCUT2D eigenvalue weighted by Gasteiger charge is 2.41. The van der Waals surface area contributed by atoms with Gasteiger partial charge in [-0.1, -0.05) is 0 Å². The first-order valence-corrected chi connectivity index (χ1v) is 4.87. The van der Waals surface area contributed by atoms with E-state index < -0.39 is 26.9 Å². The highest BCUT2D eigenvalue weighted by molar-refractivity contribution is 7.89. The third kappa shape index (κ3) is 2.07. The van der Waals surface area contributed by atoms with Gasteiger partial charge in [-0.05, 0) is 6.92 Å². The number of rotatable bonds is 1. The van der Waals surface area contributed by atoms with Crippen LogP contribution in [-0.4, -0.2) is 8.42 Å². The SMILES string of the molecule is Cc1cc(S(N)(=O)=O)c(C(F)(F)F)o1. The molecule has 0 aliphatic carbocycles. The largest absolute Gasteiger partial charge is 0.455 e. The molecule has 1 rings (SSSR count). The maximum atomic E-state index is 12.2. The minimum absolute atomic E-state index is 0.165. The van der Waals surface area contributed by atoms with Gasteiger partial charge in [0.15, 0.2) is 0 Å². The zero-order chi connectivity index (χ0) is 11.1. The Kier molecular flexibility index (Phi) is 2.36. The van der Waals surface area contributed by atoms with Gasteiger partial charge in [-0.3, -0.25) is 0 Å². The lowest BCUT2D eigenvalue weighted by molar-refractivity contribution is -0.155. The summed E-state index contributed by atoms with van der Waals surface area (Å²) in [5, 5.41) is 4.58. The smallest absolute Gasteiger partial charge is 0.450 e. The molecular weight excluding hydrogens is 223 g/mol. The van der Waals surface area contributed by atoms with Crippen molar-refractivity contribution in [1.82, 2.24) is 0 Å². The zero-order valence-corrected chi connectivity index (χ0v) is 7.74. The monoisotopic (exact) mass is 229 g/mol. The van der Waals surface area contributed by atoms with Crippen molar-refractivity contribution >= 4 is 10.0 Å². The van der Waals surface area contributed by atoms with E-state index in [0.717, 1.165) is 6.07 Å². The van der Waals surface area contributed by atoms with E-state index in [0.29, 0.717) is 0 Å². The van der Waals surface area contributed by atoms with Gasteiger partial charge in [0.1, 0.15) is 10.7 Å². The van der Waals surface area contributed by atoms with Crippen LogP contribution in [0.15, 0.2) is 15.4 Å². The molecule has 0 amide bonds. The van der Waals surface area contributed by atoms with Crippen LogP contribution in [0.4, 0.5) is 13.2 Å². The Labute approximate surface area is 77.6 Å². The molecule has 2 N–H and O–H groups in total. The van der Waals surface area contributed by atoms with Gasteiger partial charge in [0, 0.05) is 6.07 Å². The number of aryl methyl sites for hydroxylation is 1. The molecule has 80 valence electrons. The molecule has 0 aliphatic rings. The van der Waals surface area contributed by atoms with Crippen LogP contribution in [0.1, 0.15) is 11.5 Å². The quantitative estimate of drug-likeness (QED) is 0.787. The number of hydrogen-bond acceptors (Lipinski definition) is 3. The first-order valence-electron chi connectivity index (χ1n) is 3.33. The minimum atomic E-state index is -4.87. The number of sulfonamides is 1. The number of primary sulfonamides is 1. The number of halogens is 3. The molecule has 1 heterocycles. The second-order valence-electron chi connectivity index (χ2n) is 2.59. The van der Waals surface area contributed by atoms with Gasteiger partial charge in [-0.2, -0.15) is 13.2 Å². The fourth-order valence-corrected chi connectivity index (χ4v) is 1.65. The summed E-state index contributed by atoms with van der Waals surface area (Å²) in [5.74, 6) is -1.75. The molecule has 0 aromatic carbocycles. The van der Waals surface area contributed by atoms with Crippen molar-refractivity contribution in [2.45, 2.75) is 18.0 Å². The molecule has 1 aromatic rings. The standard InChI is InChI=1S/C6H6F3NO3S/c1-3-2-4(14(10,11)12)5(13-3)6(7,8)9/h2H,1H3,(H2,10,11,12). The Balaban J connectivity index is 3.46. The fourth-order valence-electron chi connectivity index (χ4n) is 0.900. The Morgan fingerprint density at radius 2 is 1.93 bits per heavy atom. The summed E-state index contributed by atoms with van der Waals surface area (Å²) in [7, 11) is -4.41. The molecule has 0 saturated heterocycles. The van der Waals surface area contributed by atoms with Crippen LogP contribution < -0.4 is 5.14 Å². The molecule has 0 radical (unpaired) electrons. The molecule has 0 aliphatic heterocycles. The molecule has 0 spiro atoms. The summed E-state index contributed by atoms with van der Waals surface area (Å²) in [6, 6.07) is 0.734. The van der Waals surface area contributed by atoms with E-state index in [1.807, 2.05) is 0 Å². The third-order valence-corrected chi connectivity index (χ3v) is 2.30. The maximum Gasteiger partial charge on any atom is 0.450 e. The normalized spacial score (nSPS) is 13.2. The van der Waals surface area contributed by atoms with Crippen molar-refractivity contribution in [3.8, 4) is 0 Å². The first kappa shape index (κ1) is 11.1. The third-order valence-electron chi connectivity index (χ3n) is 1.39. The van der Waals surface area contributed by atoms with Crippen LogP contribution >= 0.6 is 0 Å². The van der Waals surface area contributed by atoms with Crippen molar-refractivity contribution < 1.29 is 26.0 Å². The second kappa shape index (κ2) is 2.99. The second-order valence-corrected chi connectivity index (χ2v) is 4.12. The number of alkyl halides is 3. The molecule has 0 atom stereocenters. The van der Waals surface area contributed by atoms with Crippen LogP contribution in [0, 0.1) is 6.92 Å². The van der Waals surface area contributed by atoms with Crippen molar-refractivity contribution in [3.05, 3.63) is 17.6 Å². The van der Waals surface area contributed by atoms with Crippen LogP contribution in [0.25, 0.3) is 0 Å². The molecule has 8 heteroatoms. The molecule has 14 heavy (non-hydrogen) atoms. The maximum absolute atomic E-state index is 12.2. The predicted molar refractivity (Wildman–Crippen MR) is 39.8 cm³/mol. The molecule has 0 unspecified atom stereocenters. The zero-order valence-electron chi connectivity index (χ0n) is 6.92. The average Bonchev–Trinajstić information content (AvgIpc) is 2.27. The highest BCUT2D eigenvalue weighted by atomic mass is 32.2. The van der Waals surface area contributed by atoms with E-state index in [9.17, 15) is 21.6 Å². The van der Waals surface area contributed by atoms with Gasteiger partial charge in [0.25, 0.3) is 0 Å². The van der Waals surface area contributed by atoms with Crippen LogP contribution in [0.2, 0.25) is 0 Å². The van der Waals surface area contributed by atoms with E-state index >= 15 is 0 Å². The molecule has 4 nitrogen and oxygen atoms in total. The lowest BCUT2D eigenvalue weighted by Gasteiger charge is -2.03. The van der Waals surface area contributed by atoms with Gasteiger partial charge >= 0.3 is 6.18 Å². The van der Waals surface area contributed by atoms with Crippen molar-refractivity contribution in [2.24, 2.45) is 5.14 Å². The number of nitrogens with two attached hydrogens (primary N) is 1. The summed E-state index contributed by atoms with van der Waals surface area (Å²) in [5.41, 5.74) is 0. The molecule has 0 fully saturated rings. The Morgan fingerprint density at radius 1 is 1.43 bits per heavy atom. The van der Waals surface area contributed by atoms with Crippen molar-refractivity contribution in [3.63, 3.8) is 0 Å². The van der Waals surface area contributed by atoms with Gasteiger partial charge in [0.2, 0.25) is 15.8 Å². The van der Waals surface area contributed by atoms with Crippen LogP contribution in [0.5, 0.6) is 0 Å². The summed E-state index contributed by atoms with van der Waals surface area (Å²) in [6.07, 6.45) is -4.87. The molecular formula is C6H6F3NO3S. The minimum Gasteiger partial charge on any atom is -0.455 e. The molecule has 1 aromatic heterocycles. The summed E-state index contributed by atoms with van der Waals surface area (Å²) >= 11 is 0. The Hall–Kier alpha value is -1.02. The summed E-state index contributed by atoms with van der Waals surface area (Å²) in [4.78, 5) is -1.04. The van der Waals surface area contributed by atoms with E-state index in [2.05, 4.69) is 9.56 Å². The lowest BCUT2D eigenvalue weighted by Crippen LogP contribution is -2.16. The fraction of sp³-hybridized carbons (Fsp3) is 0.333. The summed E-state index contributed by atoms with van der Waals surface area (Å²) in [6.45, 7) is 1.20. The molecule has 0 saturated carbocycles. The summed E-state index contributed by atoms with van der Waals surface area (Å²) < 4.78 is 62.2. The first-order chi connectivity index (χ1) is 6.12. The van der Waals surface area contributed by atoms with Crippen molar-refractivity contribution in [2.75, 3.05) is 0 Å². The van der Waals surface area contributed by atoms with Gasteiger partial charge in [-0.25, -0.2) is 13.6 Å². The topological polar surface area (TPSA) is 73.3 Å². The van der Waals surface area contributed by atoms with Gasteiger partial charge in [0.05, 0.1) is 0 Å². The van der Waals surface area contributed by atoms with Crippen LogP contribution in [0.3, 0.4) is 0 Å². The van der Waals surface area contributed by atoms with Crippen molar-refractivity contribution in [1.29, 1.82) is 0 Å². The number of hydrogen-bond donors (Lipinski definition) is 1. The Morgan fingerprint density at radius 3 is 2.21 bits per heavy atom. The molecule has 0 bridgehead atoms. The predicted octanol–water partition coefficient (Wildman–Crippen LogP) is 1.25. The van der Waals surface area contributed by atoms with E-state index in [1.54, 1.807) is 0 Å². The van der Waals surface area contributed by atoms with Gasteiger partial charge in [-0.15, -0.1) is 0 Å². The lowest BCUT2D eigenvalue weighted by atomic mass is 10.4. The van der Waals surface area contributed by atoms with Crippen LogP contribution in [-0.2, 0) is 16.2 Å². The van der Waals surface area contributed by atoms with E-state index in [-0.39, 0.29) is 5.76 Å². The highest BCUT2D eigenvalue weighted by Crippen LogP contribution is 2.35. The van der Waals surface area contributed by atoms with E-state index in [4.69, 9.17) is 0 Å². The number of furan rings is 1. The van der Waals surface area contributed by atoms with E-state index in [1.165, 1.54) is 6.92 Å². The Bertz CT molecular complexity index is 445. The van der Waals surface area contributed by atoms with Gasteiger partial charge < -0.3 is 4.42 Å².